The predicted molar refractivity (Wildman–Crippen MR) is 77.8 cm³/mol. The molecule has 0 amide bonds. The first-order valence-corrected chi connectivity index (χ1v) is 7.16. The third kappa shape index (κ3) is 2.34. The van der Waals surface area contributed by atoms with Gasteiger partial charge in [0.1, 0.15) is 0 Å². The predicted octanol–water partition coefficient (Wildman–Crippen LogP) is 2.36. The van der Waals surface area contributed by atoms with Crippen LogP contribution < -0.4 is 5.73 Å². The molecule has 2 aliphatic rings. The van der Waals surface area contributed by atoms with Gasteiger partial charge in [-0.25, -0.2) is 4.39 Å². The SMILES string of the molecule is C=C(CN1C[C@@H]2CCC[C@]2(N)C1)c1ccc(O)c(F)c1. The highest BCUT2D eigenvalue weighted by Gasteiger charge is 2.46. The highest BCUT2D eigenvalue weighted by Crippen LogP contribution is 2.40. The average molecular weight is 276 g/mol. The van der Waals surface area contributed by atoms with E-state index in [0.717, 1.165) is 30.6 Å². The number of aromatic hydroxyl groups is 1. The molecule has 0 bridgehead atoms. The number of nitrogens with two attached hydrogens (primary N) is 1. The lowest BCUT2D eigenvalue weighted by atomic mass is 9.92. The normalized spacial score (nSPS) is 29.6. The Balaban J connectivity index is 1.66. The molecule has 1 saturated heterocycles. The molecule has 0 spiro atoms. The Labute approximate surface area is 118 Å². The highest BCUT2D eigenvalue weighted by atomic mass is 19.1. The standard InChI is InChI=1S/C16H21FN2O/c1-11(12-4-5-15(20)14(17)7-12)8-19-9-13-3-2-6-16(13,18)10-19/h4-5,7,13,20H,1-3,6,8-10,18H2/t13-,16-/m0/s1. The number of nitrogens with zero attached hydrogens (tertiary/aromatic N) is 1. The lowest BCUT2D eigenvalue weighted by molar-refractivity contribution is 0.336. The van der Waals surface area contributed by atoms with Crippen molar-refractivity contribution in [3.05, 3.63) is 36.2 Å². The fourth-order valence-corrected chi connectivity index (χ4v) is 3.65. The molecular weight excluding hydrogens is 255 g/mol. The molecule has 0 aromatic heterocycles. The molecule has 20 heavy (non-hydrogen) atoms. The van der Waals surface area contributed by atoms with Gasteiger partial charge in [-0.1, -0.05) is 19.1 Å². The van der Waals surface area contributed by atoms with E-state index < -0.39 is 5.82 Å². The zero-order valence-corrected chi connectivity index (χ0v) is 11.6. The van der Waals surface area contributed by atoms with Crippen LogP contribution in [0.4, 0.5) is 4.39 Å². The fraction of sp³-hybridized carbons (Fsp3) is 0.500. The van der Waals surface area contributed by atoms with E-state index in [-0.39, 0.29) is 11.3 Å². The van der Waals surface area contributed by atoms with E-state index in [2.05, 4.69) is 11.5 Å². The molecule has 0 unspecified atom stereocenters. The molecule has 3 rings (SSSR count). The van der Waals surface area contributed by atoms with Gasteiger partial charge in [0.05, 0.1) is 0 Å². The maximum Gasteiger partial charge on any atom is 0.165 e. The second-order valence-electron chi connectivity index (χ2n) is 6.26. The molecule has 2 atom stereocenters. The lowest BCUT2D eigenvalue weighted by Crippen LogP contribution is -2.44. The minimum atomic E-state index is -0.600. The van der Waals surface area contributed by atoms with E-state index in [9.17, 15) is 9.50 Å². The van der Waals surface area contributed by atoms with Gasteiger partial charge < -0.3 is 10.8 Å². The zero-order chi connectivity index (χ0) is 14.3. The van der Waals surface area contributed by atoms with Crippen LogP contribution in [-0.4, -0.2) is 35.2 Å². The van der Waals surface area contributed by atoms with E-state index in [1.54, 1.807) is 6.07 Å². The van der Waals surface area contributed by atoms with Crippen molar-refractivity contribution in [1.29, 1.82) is 0 Å². The maximum absolute atomic E-state index is 13.4. The Hall–Kier alpha value is -1.39. The second kappa shape index (κ2) is 4.86. The molecule has 3 nitrogen and oxygen atoms in total. The van der Waals surface area contributed by atoms with Crippen LogP contribution in [-0.2, 0) is 0 Å². The van der Waals surface area contributed by atoms with Crippen LogP contribution in [0.5, 0.6) is 5.75 Å². The van der Waals surface area contributed by atoms with Gasteiger partial charge in [0.25, 0.3) is 0 Å². The second-order valence-corrected chi connectivity index (χ2v) is 6.26. The summed E-state index contributed by atoms with van der Waals surface area (Å²) in [7, 11) is 0. The van der Waals surface area contributed by atoms with Gasteiger partial charge in [-0.2, -0.15) is 0 Å². The zero-order valence-electron chi connectivity index (χ0n) is 11.6. The van der Waals surface area contributed by atoms with Crippen LogP contribution in [0.15, 0.2) is 24.8 Å². The topological polar surface area (TPSA) is 49.5 Å². The Morgan fingerprint density at radius 1 is 1.55 bits per heavy atom. The van der Waals surface area contributed by atoms with Gasteiger partial charge in [0.2, 0.25) is 0 Å². The largest absolute Gasteiger partial charge is 0.505 e. The van der Waals surface area contributed by atoms with Crippen molar-refractivity contribution in [3.8, 4) is 5.75 Å². The fourth-order valence-electron chi connectivity index (χ4n) is 3.65. The smallest absolute Gasteiger partial charge is 0.165 e. The number of hydrogen-bond donors (Lipinski definition) is 2. The molecule has 108 valence electrons. The van der Waals surface area contributed by atoms with Crippen LogP contribution in [0, 0.1) is 11.7 Å². The van der Waals surface area contributed by atoms with Gasteiger partial charge in [0, 0.05) is 25.2 Å². The van der Waals surface area contributed by atoms with Gasteiger partial charge in [-0.3, -0.25) is 4.90 Å². The molecule has 0 radical (unpaired) electrons. The van der Waals surface area contributed by atoms with Crippen LogP contribution in [0.3, 0.4) is 0 Å². The summed E-state index contributed by atoms with van der Waals surface area (Å²) in [4.78, 5) is 2.32. The van der Waals surface area contributed by atoms with Crippen molar-refractivity contribution in [3.63, 3.8) is 0 Å². The van der Waals surface area contributed by atoms with Gasteiger partial charge in [-0.05, 0) is 42.0 Å². The van der Waals surface area contributed by atoms with E-state index in [1.807, 2.05) is 0 Å². The summed E-state index contributed by atoms with van der Waals surface area (Å²) in [5.74, 6) is -0.331. The first-order chi connectivity index (χ1) is 9.48. The van der Waals surface area contributed by atoms with Gasteiger partial charge >= 0.3 is 0 Å². The third-order valence-electron chi connectivity index (χ3n) is 4.77. The summed E-state index contributed by atoms with van der Waals surface area (Å²) >= 11 is 0. The van der Waals surface area contributed by atoms with E-state index >= 15 is 0 Å². The number of fused-ring (bicyclic) bond motifs is 1. The molecule has 3 N–H and O–H groups in total. The lowest BCUT2D eigenvalue weighted by Gasteiger charge is -2.23. The number of phenols is 1. The Morgan fingerprint density at radius 2 is 2.35 bits per heavy atom. The summed E-state index contributed by atoms with van der Waals surface area (Å²) in [6.07, 6.45) is 3.56. The quantitative estimate of drug-likeness (QED) is 0.891. The van der Waals surface area contributed by atoms with Crippen molar-refractivity contribution in [1.82, 2.24) is 4.90 Å². The summed E-state index contributed by atoms with van der Waals surface area (Å²) < 4.78 is 13.4. The van der Waals surface area contributed by atoms with Crippen LogP contribution in [0.25, 0.3) is 5.57 Å². The van der Waals surface area contributed by atoms with Crippen molar-refractivity contribution in [2.24, 2.45) is 11.7 Å². The Morgan fingerprint density at radius 3 is 3.05 bits per heavy atom. The molecule has 1 aliphatic heterocycles. The monoisotopic (exact) mass is 276 g/mol. The Kier molecular flexibility index (Phi) is 3.30. The third-order valence-corrected chi connectivity index (χ3v) is 4.77. The molecule has 1 aliphatic carbocycles. The van der Waals surface area contributed by atoms with E-state index in [0.29, 0.717) is 12.5 Å². The number of benzene rings is 1. The molecule has 1 heterocycles. The van der Waals surface area contributed by atoms with Crippen molar-refractivity contribution in [2.75, 3.05) is 19.6 Å². The molecule has 1 aromatic rings. The number of rotatable bonds is 3. The van der Waals surface area contributed by atoms with Gasteiger partial charge in [0.15, 0.2) is 11.6 Å². The van der Waals surface area contributed by atoms with Crippen LogP contribution >= 0.6 is 0 Å². The molecule has 1 saturated carbocycles. The molecule has 1 aromatic carbocycles. The van der Waals surface area contributed by atoms with Crippen molar-refractivity contribution >= 4 is 5.57 Å². The number of likely N-dealkylation sites (tertiary alicyclic amines) is 1. The first kappa shape index (κ1) is 13.6. The summed E-state index contributed by atoms with van der Waals surface area (Å²) in [6.45, 7) is 6.66. The van der Waals surface area contributed by atoms with Crippen molar-refractivity contribution in [2.45, 2.75) is 24.8 Å². The minimum absolute atomic E-state index is 0.0273. The molecule has 4 heteroatoms. The summed E-state index contributed by atoms with van der Waals surface area (Å²) in [5.41, 5.74) is 8.03. The van der Waals surface area contributed by atoms with Gasteiger partial charge in [-0.15, -0.1) is 0 Å². The number of phenolic OH excluding ortho intramolecular Hbond substituents is 1. The Bertz CT molecular complexity index is 545. The molecular formula is C16H21FN2O. The number of hydrogen-bond acceptors (Lipinski definition) is 3. The van der Waals surface area contributed by atoms with Crippen molar-refractivity contribution < 1.29 is 9.50 Å². The minimum Gasteiger partial charge on any atom is -0.505 e. The van der Waals surface area contributed by atoms with E-state index in [4.69, 9.17) is 5.73 Å². The highest BCUT2D eigenvalue weighted by molar-refractivity contribution is 5.65. The van der Waals surface area contributed by atoms with Crippen LogP contribution in [0.1, 0.15) is 24.8 Å². The maximum atomic E-state index is 13.4. The summed E-state index contributed by atoms with van der Waals surface area (Å²) in [5, 5.41) is 9.22. The first-order valence-electron chi connectivity index (χ1n) is 7.16. The summed E-state index contributed by atoms with van der Waals surface area (Å²) in [6, 6.07) is 4.42. The van der Waals surface area contributed by atoms with Crippen LogP contribution in [0.2, 0.25) is 0 Å². The average Bonchev–Trinajstić information content (AvgIpc) is 2.86. The number of halogens is 1. The van der Waals surface area contributed by atoms with E-state index in [1.165, 1.54) is 25.0 Å². The molecule has 2 fully saturated rings.